The predicted molar refractivity (Wildman–Crippen MR) is 87.6 cm³/mol. The van der Waals surface area contributed by atoms with Gasteiger partial charge in [0.05, 0.1) is 17.0 Å². The van der Waals surface area contributed by atoms with E-state index in [1.807, 2.05) is 6.07 Å². The van der Waals surface area contributed by atoms with Crippen LogP contribution in [-0.4, -0.2) is 23.4 Å². The number of nitro groups is 1. The maximum Gasteiger partial charge on any atom is 0.310 e. The van der Waals surface area contributed by atoms with Gasteiger partial charge in [0.25, 0.3) is 11.6 Å². The quantitative estimate of drug-likeness (QED) is 0.499. The highest BCUT2D eigenvalue weighted by atomic mass is 16.6. The molecule has 0 bridgehead atoms. The number of benzene rings is 2. The Bertz CT molecular complexity index is 759. The van der Waals surface area contributed by atoms with Crippen LogP contribution in [0.1, 0.15) is 11.1 Å². The standard InChI is InChI=1S/C17H16N2O5/c1-12-7-8-14(19(22)23)10-15(12)18-16(20)11-24-17(21)9-13-5-3-2-4-6-13/h2-8,10H,9,11H2,1H3,(H,18,20). The van der Waals surface area contributed by atoms with Crippen LogP contribution >= 0.6 is 0 Å². The van der Waals surface area contributed by atoms with Gasteiger partial charge in [-0.3, -0.25) is 19.7 Å². The monoisotopic (exact) mass is 328 g/mol. The van der Waals surface area contributed by atoms with E-state index in [1.54, 1.807) is 31.2 Å². The molecule has 0 saturated heterocycles. The number of amides is 1. The molecule has 1 N–H and O–H groups in total. The summed E-state index contributed by atoms with van der Waals surface area (Å²) in [7, 11) is 0. The first-order valence-corrected chi connectivity index (χ1v) is 7.20. The van der Waals surface area contributed by atoms with Gasteiger partial charge in [-0.2, -0.15) is 0 Å². The highest BCUT2D eigenvalue weighted by Gasteiger charge is 2.13. The van der Waals surface area contributed by atoms with E-state index in [2.05, 4.69) is 5.32 Å². The summed E-state index contributed by atoms with van der Waals surface area (Å²) in [5.41, 5.74) is 1.65. The van der Waals surface area contributed by atoms with Crippen LogP contribution in [0.4, 0.5) is 11.4 Å². The summed E-state index contributed by atoms with van der Waals surface area (Å²) in [6.07, 6.45) is 0.0734. The van der Waals surface area contributed by atoms with Crippen molar-refractivity contribution in [3.05, 3.63) is 69.8 Å². The van der Waals surface area contributed by atoms with E-state index in [4.69, 9.17) is 4.74 Å². The van der Waals surface area contributed by atoms with Crippen LogP contribution in [0.5, 0.6) is 0 Å². The number of aryl methyl sites for hydroxylation is 1. The van der Waals surface area contributed by atoms with Crippen molar-refractivity contribution in [3.8, 4) is 0 Å². The molecule has 24 heavy (non-hydrogen) atoms. The van der Waals surface area contributed by atoms with Gasteiger partial charge in [0.15, 0.2) is 6.61 Å². The van der Waals surface area contributed by atoms with Gasteiger partial charge in [0.2, 0.25) is 0 Å². The maximum atomic E-state index is 11.8. The molecule has 0 saturated carbocycles. The van der Waals surface area contributed by atoms with E-state index < -0.39 is 23.4 Å². The van der Waals surface area contributed by atoms with Crippen molar-refractivity contribution in [2.75, 3.05) is 11.9 Å². The number of rotatable bonds is 6. The van der Waals surface area contributed by atoms with Crippen LogP contribution in [-0.2, 0) is 20.7 Å². The molecule has 2 rings (SSSR count). The minimum atomic E-state index is -0.556. The molecule has 7 heteroatoms. The summed E-state index contributed by atoms with van der Waals surface area (Å²) >= 11 is 0. The third-order valence-corrected chi connectivity index (χ3v) is 3.26. The summed E-state index contributed by atoms with van der Waals surface area (Å²) in [4.78, 5) is 33.7. The fourth-order valence-corrected chi connectivity index (χ4v) is 2.00. The van der Waals surface area contributed by atoms with Gasteiger partial charge in [-0.15, -0.1) is 0 Å². The van der Waals surface area contributed by atoms with Crippen molar-refractivity contribution in [2.45, 2.75) is 13.3 Å². The van der Waals surface area contributed by atoms with Crippen LogP contribution in [0.3, 0.4) is 0 Å². The number of hydrogen-bond acceptors (Lipinski definition) is 5. The Morgan fingerprint density at radius 3 is 2.54 bits per heavy atom. The zero-order valence-corrected chi connectivity index (χ0v) is 13.0. The summed E-state index contributed by atoms with van der Waals surface area (Å²) in [5.74, 6) is -1.08. The molecule has 0 unspecified atom stereocenters. The molecule has 0 aliphatic carbocycles. The largest absolute Gasteiger partial charge is 0.455 e. The highest BCUT2D eigenvalue weighted by molar-refractivity contribution is 5.93. The van der Waals surface area contributed by atoms with Gasteiger partial charge >= 0.3 is 5.97 Å². The van der Waals surface area contributed by atoms with Crippen molar-refractivity contribution in [1.82, 2.24) is 0 Å². The van der Waals surface area contributed by atoms with Crippen molar-refractivity contribution in [2.24, 2.45) is 0 Å². The number of nitrogens with zero attached hydrogens (tertiary/aromatic N) is 1. The van der Waals surface area contributed by atoms with E-state index in [9.17, 15) is 19.7 Å². The molecule has 0 heterocycles. The van der Waals surface area contributed by atoms with Gasteiger partial charge in [-0.1, -0.05) is 36.4 Å². The van der Waals surface area contributed by atoms with Gasteiger partial charge in [0, 0.05) is 12.1 Å². The van der Waals surface area contributed by atoms with Crippen LogP contribution in [0.25, 0.3) is 0 Å². The van der Waals surface area contributed by atoms with Crippen LogP contribution in [0.15, 0.2) is 48.5 Å². The molecule has 7 nitrogen and oxygen atoms in total. The molecule has 0 aliphatic heterocycles. The first kappa shape index (κ1) is 17.1. The lowest BCUT2D eigenvalue weighted by atomic mass is 10.1. The Hall–Kier alpha value is -3.22. The smallest absolute Gasteiger partial charge is 0.310 e. The van der Waals surface area contributed by atoms with E-state index >= 15 is 0 Å². The van der Waals surface area contributed by atoms with Gasteiger partial charge in [0.1, 0.15) is 0 Å². The summed E-state index contributed by atoms with van der Waals surface area (Å²) in [6, 6.07) is 13.2. The van der Waals surface area contributed by atoms with E-state index in [-0.39, 0.29) is 12.1 Å². The minimum Gasteiger partial charge on any atom is -0.455 e. The van der Waals surface area contributed by atoms with E-state index in [1.165, 1.54) is 18.2 Å². The predicted octanol–water partition coefficient (Wildman–Crippen LogP) is 2.63. The SMILES string of the molecule is Cc1ccc([N+](=O)[O-])cc1NC(=O)COC(=O)Cc1ccccc1. The lowest BCUT2D eigenvalue weighted by molar-refractivity contribution is -0.384. The molecule has 2 aromatic rings. The molecule has 0 atom stereocenters. The van der Waals surface area contributed by atoms with Crippen LogP contribution < -0.4 is 5.32 Å². The number of non-ortho nitro benzene ring substituents is 1. The number of nitro benzene ring substituents is 1. The second kappa shape index (κ2) is 7.87. The number of carbonyl (C=O) groups is 2. The number of hydrogen-bond donors (Lipinski definition) is 1. The second-order valence-electron chi connectivity index (χ2n) is 5.13. The van der Waals surface area contributed by atoms with Crippen molar-refractivity contribution >= 4 is 23.3 Å². The number of carbonyl (C=O) groups excluding carboxylic acids is 2. The fourth-order valence-electron chi connectivity index (χ4n) is 2.00. The summed E-state index contributed by atoms with van der Waals surface area (Å²) in [5, 5.41) is 13.3. The normalized spacial score (nSPS) is 10.0. The van der Waals surface area contributed by atoms with Crippen LogP contribution in [0, 0.1) is 17.0 Å². The first-order chi connectivity index (χ1) is 11.5. The first-order valence-electron chi connectivity index (χ1n) is 7.20. The molecule has 0 spiro atoms. The van der Waals surface area contributed by atoms with Crippen molar-refractivity contribution in [3.63, 3.8) is 0 Å². The van der Waals surface area contributed by atoms with E-state index in [0.29, 0.717) is 11.3 Å². The molecule has 0 aliphatic rings. The summed E-state index contributed by atoms with van der Waals surface area (Å²) in [6.45, 7) is 1.26. The zero-order valence-electron chi connectivity index (χ0n) is 13.0. The topological polar surface area (TPSA) is 98.5 Å². The second-order valence-corrected chi connectivity index (χ2v) is 5.13. The number of nitrogens with one attached hydrogen (secondary N) is 1. The molecule has 0 radical (unpaired) electrons. The molecule has 2 aromatic carbocycles. The molecule has 1 amide bonds. The minimum absolute atomic E-state index is 0.0734. The number of anilines is 1. The molecule has 0 aromatic heterocycles. The van der Waals surface area contributed by atoms with Gasteiger partial charge in [-0.05, 0) is 18.1 Å². The Labute approximate surface area is 138 Å². The Morgan fingerprint density at radius 1 is 1.17 bits per heavy atom. The highest BCUT2D eigenvalue weighted by Crippen LogP contribution is 2.21. The third kappa shape index (κ3) is 4.91. The average molecular weight is 328 g/mol. The number of esters is 1. The lowest BCUT2D eigenvalue weighted by Crippen LogP contribution is -2.22. The maximum absolute atomic E-state index is 11.8. The Morgan fingerprint density at radius 2 is 1.88 bits per heavy atom. The van der Waals surface area contributed by atoms with Crippen molar-refractivity contribution in [1.29, 1.82) is 0 Å². The Kier molecular flexibility index (Phi) is 5.62. The summed E-state index contributed by atoms with van der Waals surface area (Å²) < 4.78 is 4.91. The third-order valence-electron chi connectivity index (χ3n) is 3.26. The average Bonchev–Trinajstić information content (AvgIpc) is 2.56. The zero-order chi connectivity index (χ0) is 17.5. The van der Waals surface area contributed by atoms with Crippen LogP contribution in [0.2, 0.25) is 0 Å². The fraction of sp³-hybridized carbons (Fsp3) is 0.176. The Balaban J connectivity index is 1.88. The lowest BCUT2D eigenvalue weighted by Gasteiger charge is -2.09. The molecule has 124 valence electrons. The molecule has 0 fully saturated rings. The van der Waals surface area contributed by atoms with E-state index in [0.717, 1.165) is 5.56 Å². The number of ether oxygens (including phenoxy) is 1. The van der Waals surface area contributed by atoms with Gasteiger partial charge in [-0.25, -0.2) is 0 Å². The van der Waals surface area contributed by atoms with Gasteiger partial charge < -0.3 is 10.1 Å². The molecular weight excluding hydrogens is 312 g/mol. The van der Waals surface area contributed by atoms with Crippen molar-refractivity contribution < 1.29 is 19.2 Å². The molecular formula is C17H16N2O5.